The maximum atomic E-state index is 11.8. The first-order valence-corrected chi connectivity index (χ1v) is 6.81. The van der Waals surface area contributed by atoms with E-state index in [1.807, 2.05) is 42.5 Å². The fourth-order valence-corrected chi connectivity index (χ4v) is 2.69. The Morgan fingerprint density at radius 2 is 1.95 bits per heavy atom. The molecule has 0 spiro atoms. The van der Waals surface area contributed by atoms with Crippen LogP contribution in [-0.4, -0.2) is 0 Å². The highest BCUT2D eigenvalue weighted by molar-refractivity contribution is 7.12. The lowest BCUT2D eigenvalue weighted by atomic mass is 10.2. The van der Waals surface area contributed by atoms with Gasteiger partial charge in [-0.25, -0.2) is 4.79 Å². The quantitative estimate of drug-likeness (QED) is 0.647. The van der Waals surface area contributed by atoms with Crippen molar-refractivity contribution in [1.29, 1.82) is 0 Å². The van der Waals surface area contributed by atoms with Crippen molar-refractivity contribution in [3.63, 3.8) is 0 Å². The van der Waals surface area contributed by atoms with E-state index in [1.165, 1.54) is 4.88 Å². The fourth-order valence-electron chi connectivity index (χ4n) is 1.91. The second-order valence-electron chi connectivity index (χ2n) is 4.31. The minimum absolute atomic E-state index is 0.303. The van der Waals surface area contributed by atoms with Crippen molar-refractivity contribution >= 4 is 34.5 Å². The monoisotopic (exact) mass is 268 g/mol. The number of rotatable bonds is 2. The third kappa shape index (κ3) is 2.51. The molecular weight excluding hydrogens is 256 g/mol. The van der Waals surface area contributed by atoms with Crippen LogP contribution < -0.4 is 5.63 Å². The molecule has 0 saturated carbocycles. The van der Waals surface area contributed by atoms with E-state index in [0.717, 1.165) is 10.3 Å². The Bertz CT molecular complexity index is 809. The molecule has 3 aromatic rings. The summed E-state index contributed by atoms with van der Waals surface area (Å²) in [7, 11) is 0. The van der Waals surface area contributed by atoms with Crippen LogP contribution >= 0.6 is 11.3 Å². The minimum atomic E-state index is -0.303. The predicted molar refractivity (Wildman–Crippen MR) is 80.5 cm³/mol. The predicted octanol–water partition coefficient (Wildman–Crippen LogP) is 4.33. The molecule has 0 bridgehead atoms. The van der Waals surface area contributed by atoms with Gasteiger partial charge in [0, 0.05) is 15.1 Å². The first-order chi connectivity index (χ1) is 9.22. The number of fused-ring (bicyclic) bond motifs is 1. The van der Waals surface area contributed by atoms with Gasteiger partial charge < -0.3 is 4.42 Å². The van der Waals surface area contributed by atoms with Crippen LogP contribution in [0.5, 0.6) is 0 Å². The summed E-state index contributed by atoms with van der Waals surface area (Å²) in [6.07, 6.45) is 3.75. The fraction of sp³-hybridized carbons (Fsp3) is 0.0625. The molecule has 0 radical (unpaired) electrons. The summed E-state index contributed by atoms with van der Waals surface area (Å²) in [4.78, 5) is 14.2. The lowest BCUT2D eigenvalue weighted by molar-refractivity contribution is 0.559. The number of hydrogen-bond acceptors (Lipinski definition) is 3. The Labute approximate surface area is 114 Å². The zero-order valence-electron chi connectivity index (χ0n) is 10.4. The third-order valence-corrected chi connectivity index (χ3v) is 3.82. The molecule has 0 fully saturated rings. The van der Waals surface area contributed by atoms with Crippen molar-refractivity contribution in [2.24, 2.45) is 0 Å². The average molecular weight is 268 g/mol. The second-order valence-corrected chi connectivity index (χ2v) is 5.63. The van der Waals surface area contributed by atoms with E-state index in [1.54, 1.807) is 17.4 Å². The molecule has 0 aliphatic rings. The van der Waals surface area contributed by atoms with Gasteiger partial charge >= 0.3 is 5.63 Å². The number of hydrogen-bond donors (Lipinski definition) is 0. The van der Waals surface area contributed by atoms with Gasteiger partial charge in [0.15, 0.2) is 0 Å². The molecule has 0 aliphatic carbocycles. The molecule has 2 heterocycles. The minimum Gasteiger partial charge on any atom is -0.422 e. The first-order valence-electron chi connectivity index (χ1n) is 6.00. The summed E-state index contributed by atoms with van der Waals surface area (Å²) < 4.78 is 5.28. The summed E-state index contributed by atoms with van der Waals surface area (Å²) in [6.45, 7) is 2.06. The van der Waals surface area contributed by atoms with Gasteiger partial charge in [-0.05, 0) is 43.3 Å². The molecule has 0 saturated heterocycles. The molecule has 2 nitrogen and oxygen atoms in total. The summed E-state index contributed by atoms with van der Waals surface area (Å²) in [6, 6.07) is 13.5. The summed E-state index contributed by atoms with van der Waals surface area (Å²) in [5, 5.41) is 0.934. The molecule has 0 unspecified atom stereocenters. The number of aryl methyl sites for hydroxylation is 1. The van der Waals surface area contributed by atoms with Crippen LogP contribution in [0.15, 0.2) is 51.7 Å². The van der Waals surface area contributed by atoms with Gasteiger partial charge in [-0.2, -0.15) is 0 Å². The molecule has 2 aromatic heterocycles. The molecule has 0 atom stereocenters. The van der Waals surface area contributed by atoms with Crippen LogP contribution in [0.3, 0.4) is 0 Å². The molecule has 0 N–H and O–H groups in total. The van der Waals surface area contributed by atoms with Crippen molar-refractivity contribution in [2.45, 2.75) is 6.92 Å². The van der Waals surface area contributed by atoms with Crippen molar-refractivity contribution in [1.82, 2.24) is 0 Å². The molecular formula is C16H12O2S. The van der Waals surface area contributed by atoms with Gasteiger partial charge in [0.25, 0.3) is 0 Å². The first kappa shape index (κ1) is 11.9. The van der Waals surface area contributed by atoms with Gasteiger partial charge in [-0.3, -0.25) is 0 Å². The Morgan fingerprint density at radius 3 is 2.74 bits per heavy atom. The highest BCUT2D eigenvalue weighted by Crippen LogP contribution is 2.18. The van der Waals surface area contributed by atoms with E-state index in [9.17, 15) is 4.79 Å². The van der Waals surface area contributed by atoms with Gasteiger partial charge in [0.2, 0.25) is 0 Å². The van der Waals surface area contributed by atoms with Crippen LogP contribution in [0.2, 0.25) is 0 Å². The van der Waals surface area contributed by atoms with Crippen molar-refractivity contribution in [2.75, 3.05) is 0 Å². The standard InChI is InChI=1S/C16H12O2S/c1-11-6-8-14(19-11)9-7-13-10-12-4-2-3-5-15(12)18-16(13)17/h2-10H,1H3/b9-7+. The normalized spacial score (nSPS) is 11.4. The van der Waals surface area contributed by atoms with E-state index in [0.29, 0.717) is 11.1 Å². The number of thiophene rings is 1. The lowest BCUT2D eigenvalue weighted by Crippen LogP contribution is -2.01. The van der Waals surface area contributed by atoms with Gasteiger partial charge in [0.1, 0.15) is 5.58 Å². The second kappa shape index (κ2) is 4.86. The van der Waals surface area contributed by atoms with Gasteiger partial charge in [0.05, 0.1) is 5.56 Å². The lowest BCUT2D eigenvalue weighted by Gasteiger charge is -1.97. The smallest absolute Gasteiger partial charge is 0.343 e. The average Bonchev–Trinajstić information content (AvgIpc) is 2.82. The summed E-state index contributed by atoms with van der Waals surface area (Å²) in [5.41, 5.74) is 0.893. The van der Waals surface area contributed by atoms with Crippen LogP contribution in [0.4, 0.5) is 0 Å². The highest BCUT2D eigenvalue weighted by Gasteiger charge is 2.01. The Kier molecular flexibility index (Phi) is 3.05. The summed E-state index contributed by atoms with van der Waals surface area (Å²) in [5.74, 6) is 0. The van der Waals surface area contributed by atoms with Crippen LogP contribution in [-0.2, 0) is 0 Å². The van der Waals surface area contributed by atoms with E-state index >= 15 is 0 Å². The number of benzene rings is 1. The SMILES string of the molecule is Cc1ccc(/C=C/c2cc3ccccc3oc2=O)s1. The summed E-state index contributed by atoms with van der Waals surface area (Å²) >= 11 is 1.70. The molecule has 19 heavy (non-hydrogen) atoms. The molecule has 0 amide bonds. The van der Waals surface area contributed by atoms with Crippen LogP contribution in [0, 0.1) is 6.92 Å². The topological polar surface area (TPSA) is 30.2 Å². The highest BCUT2D eigenvalue weighted by atomic mass is 32.1. The molecule has 0 aliphatic heterocycles. The maximum Gasteiger partial charge on any atom is 0.343 e. The Morgan fingerprint density at radius 1 is 1.11 bits per heavy atom. The molecule has 94 valence electrons. The molecule has 3 heteroatoms. The van der Waals surface area contributed by atoms with E-state index < -0.39 is 0 Å². The number of para-hydroxylation sites is 1. The van der Waals surface area contributed by atoms with Crippen LogP contribution in [0.1, 0.15) is 15.3 Å². The van der Waals surface area contributed by atoms with Crippen LogP contribution in [0.25, 0.3) is 23.1 Å². The molecule has 1 aromatic carbocycles. The van der Waals surface area contributed by atoms with Gasteiger partial charge in [-0.1, -0.05) is 18.2 Å². The zero-order valence-corrected chi connectivity index (χ0v) is 11.2. The maximum absolute atomic E-state index is 11.8. The third-order valence-electron chi connectivity index (χ3n) is 2.86. The van der Waals surface area contributed by atoms with E-state index in [-0.39, 0.29) is 5.63 Å². The van der Waals surface area contributed by atoms with Crippen molar-refractivity contribution in [3.8, 4) is 0 Å². The zero-order chi connectivity index (χ0) is 13.2. The van der Waals surface area contributed by atoms with E-state index in [2.05, 4.69) is 13.0 Å². The van der Waals surface area contributed by atoms with Gasteiger partial charge in [-0.15, -0.1) is 11.3 Å². The van der Waals surface area contributed by atoms with Crippen molar-refractivity contribution < 1.29 is 4.42 Å². The largest absolute Gasteiger partial charge is 0.422 e. The molecule has 3 rings (SSSR count). The van der Waals surface area contributed by atoms with Crippen molar-refractivity contribution in [3.05, 3.63) is 68.2 Å². The van der Waals surface area contributed by atoms with E-state index in [4.69, 9.17) is 4.42 Å². The Hall–Kier alpha value is -2.13. The Balaban J connectivity index is 2.03.